The van der Waals surface area contributed by atoms with Crippen molar-refractivity contribution < 1.29 is 9.59 Å². The molecule has 1 aromatic carbocycles. The minimum Gasteiger partial charge on any atom is -0.340 e. The molecular weight excluding hydrogens is 287 g/mol. The Balaban J connectivity index is 2.40. The van der Waals surface area contributed by atoms with Crippen LogP contribution in [0, 0.1) is 0 Å². The minimum absolute atomic E-state index is 0.00755. The van der Waals surface area contributed by atoms with Crippen molar-refractivity contribution in [1.29, 1.82) is 0 Å². The highest BCUT2D eigenvalue weighted by molar-refractivity contribution is 6.42. The number of carbonyl (C=O) groups is 2. The zero-order valence-electron chi connectivity index (χ0n) is 10.7. The fourth-order valence-corrected chi connectivity index (χ4v) is 2.31. The maximum Gasteiger partial charge on any atom is 0.252 e. The van der Waals surface area contributed by atoms with E-state index in [1.54, 1.807) is 25.1 Å². The first-order valence-electron chi connectivity index (χ1n) is 5.95. The van der Waals surface area contributed by atoms with Crippen molar-refractivity contribution >= 4 is 40.7 Å². The summed E-state index contributed by atoms with van der Waals surface area (Å²) < 4.78 is 0. The first-order valence-corrected chi connectivity index (χ1v) is 6.71. The van der Waals surface area contributed by atoms with Gasteiger partial charge in [-0.1, -0.05) is 30.1 Å². The van der Waals surface area contributed by atoms with Crippen molar-refractivity contribution in [2.24, 2.45) is 0 Å². The molecule has 0 bridgehead atoms. The molecule has 4 nitrogen and oxygen atoms in total. The van der Waals surface area contributed by atoms with E-state index in [0.717, 1.165) is 0 Å². The molecular formula is C13H14Cl2N2O2. The summed E-state index contributed by atoms with van der Waals surface area (Å²) in [6.07, 6.45) is 0.523. The summed E-state index contributed by atoms with van der Waals surface area (Å²) in [5.41, 5.74) is -0.296. The van der Waals surface area contributed by atoms with Crippen LogP contribution in [0.4, 0.5) is 5.69 Å². The minimum atomic E-state index is -0.874. The molecule has 1 unspecified atom stereocenters. The van der Waals surface area contributed by atoms with Gasteiger partial charge in [-0.05, 0) is 31.5 Å². The van der Waals surface area contributed by atoms with E-state index in [4.69, 9.17) is 23.2 Å². The topological polar surface area (TPSA) is 49.4 Å². The van der Waals surface area contributed by atoms with E-state index in [1.165, 1.54) is 4.90 Å². The van der Waals surface area contributed by atoms with Gasteiger partial charge in [0.2, 0.25) is 5.91 Å². The van der Waals surface area contributed by atoms with Crippen LogP contribution >= 0.6 is 23.2 Å². The molecule has 1 saturated heterocycles. The molecule has 1 atom stereocenters. The van der Waals surface area contributed by atoms with E-state index in [2.05, 4.69) is 5.32 Å². The highest BCUT2D eigenvalue weighted by Gasteiger charge is 2.42. The Morgan fingerprint density at radius 1 is 1.32 bits per heavy atom. The highest BCUT2D eigenvalue weighted by Crippen LogP contribution is 2.30. The molecule has 1 fully saturated rings. The summed E-state index contributed by atoms with van der Waals surface area (Å²) in [6.45, 7) is 3.57. The Kier molecular flexibility index (Phi) is 3.74. The van der Waals surface area contributed by atoms with Crippen LogP contribution in [0.3, 0.4) is 0 Å². The van der Waals surface area contributed by atoms with Gasteiger partial charge < -0.3 is 10.2 Å². The molecule has 102 valence electrons. The largest absolute Gasteiger partial charge is 0.340 e. The molecule has 1 heterocycles. The molecule has 6 heteroatoms. The third kappa shape index (κ3) is 2.55. The van der Waals surface area contributed by atoms with Gasteiger partial charge in [-0.15, -0.1) is 0 Å². The molecule has 0 spiro atoms. The van der Waals surface area contributed by atoms with Gasteiger partial charge in [-0.25, -0.2) is 0 Å². The number of carbonyl (C=O) groups excluding carboxylic acids is 2. The van der Waals surface area contributed by atoms with E-state index in [-0.39, 0.29) is 18.4 Å². The Bertz CT molecular complexity index is 547. The first-order chi connectivity index (χ1) is 8.87. The number of halogens is 2. The van der Waals surface area contributed by atoms with Gasteiger partial charge in [0.25, 0.3) is 5.91 Å². The quantitative estimate of drug-likeness (QED) is 0.913. The van der Waals surface area contributed by atoms with Crippen LogP contribution < -0.4 is 10.2 Å². The maximum atomic E-state index is 12.5. The molecule has 0 aromatic heterocycles. The molecule has 1 N–H and O–H groups in total. The van der Waals surface area contributed by atoms with Crippen molar-refractivity contribution in [1.82, 2.24) is 5.32 Å². The van der Waals surface area contributed by atoms with Gasteiger partial charge in [-0.3, -0.25) is 9.59 Å². The van der Waals surface area contributed by atoms with Crippen LogP contribution in [0.15, 0.2) is 18.2 Å². The van der Waals surface area contributed by atoms with Crippen LogP contribution in [0.1, 0.15) is 20.3 Å². The number of benzene rings is 1. The SMILES string of the molecule is CCC1(C)NC(=O)CN(c2ccc(Cl)c(Cl)c2)C1=O. The van der Waals surface area contributed by atoms with Gasteiger partial charge in [0.15, 0.2) is 0 Å². The zero-order valence-corrected chi connectivity index (χ0v) is 12.2. The maximum absolute atomic E-state index is 12.5. The average Bonchev–Trinajstić information content (AvgIpc) is 2.37. The van der Waals surface area contributed by atoms with Crippen LogP contribution in [0.25, 0.3) is 0 Å². The number of piperazine rings is 1. The summed E-state index contributed by atoms with van der Waals surface area (Å²) in [4.78, 5) is 25.6. The lowest BCUT2D eigenvalue weighted by Gasteiger charge is -2.39. The molecule has 1 aliphatic heterocycles. The molecule has 0 radical (unpaired) electrons. The van der Waals surface area contributed by atoms with Crippen LogP contribution in [0.5, 0.6) is 0 Å². The second kappa shape index (κ2) is 5.02. The molecule has 19 heavy (non-hydrogen) atoms. The first kappa shape index (κ1) is 14.2. The predicted molar refractivity (Wildman–Crippen MR) is 75.7 cm³/mol. The van der Waals surface area contributed by atoms with Gasteiger partial charge >= 0.3 is 0 Å². The number of hydrogen-bond donors (Lipinski definition) is 1. The number of rotatable bonds is 2. The second-order valence-corrected chi connectivity index (χ2v) is 5.54. The lowest BCUT2D eigenvalue weighted by molar-refractivity contribution is -0.135. The standard InChI is InChI=1S/C13H14Cl2N2O2/c1-3-13(2)12(19)17(7-11(18)16-13)8-4-5-9(14)10(15)6-8/h4-6H,3,7H2,1-2H3,(H,16,18). The summed E-state index contributed by atoms with van der Waals surface area (Å²) >= 11 is 11.8. The van der Waals surface area contributed by atoms with Crippen molar-refractivity contribution in [2.75, 3.05) is 11.4 Å². The lowest BCUT2D eigenvalue weighted by Crippen LogP contribution is -2.65. The fraction of sp³-hybridized carbons (Fsp3) is 0.385. The number of hydrogen-bond acceptors (Lipinski definition) is 2. The van der Waals surface area contributed by atoms with Gasteiger partial charge in [-0.2, -0.15) is 0 Å². The smallest absolute Gasteiger partial charge is 0.252 e. The van der Waals surface area contributed by atoms with Crippen LogP contribution in [-0.4, -0.2) is 23.9 Å². The van der Waals surface area contributed by atoms with Crippen molar-refractivity contribution in [3.8, 4) is 0 Å². The Labute approximate surface area is 121 Å². The van der Waals surface area contributed by atoms with E-state index in [0.29, 0.717) is 22.2 Å². The molecule has 0 saturated carbocycles. The molecule has 2 rings (SSSR count). The number of nitrogens with zero attached hydrogens (tertiary/aromatic N) is 1. The van der Waals surface area contributed by atoms with Gasteiger partial charge in [0, 0.05) is 5.69 Å². The molecule has 1 aromatic rings. The Morgan fingerprint density at radius 3 is 2.58 bits per heavy atom. The normalized spacial score (nSPS) is 23.5. The summed E-state index contributed by atoms with van der Waals surface area (Å²) in [7, 11) is 0. The third-order valence-corrected chi connectivity index (χ3v) is 4.10. The van der Waals surface area contributed by atoms with Crippen molar-refractivity contribution in [3.63, 3.8) is 0 Å². The van der Waals surface area contributed by atoms with Crippen molar-refractivity contribution in [3.05, 3.63) is 28.2 Å². The second-order valence-electron chi connectivity index (χ2n) is 4.72. The fourth-order valence-electron chi connectivity index (χ4n) is 2.02. The van der Waals surface area contributed by atoms with Crippen molar-refractivity contribution in [2.45, 2.75) is 25.8 Å². The number of nitrogens with one attached hydrogen (secondary N) is 1. The predicted octanol–water partition coefficient (Wildman–Crippen LogP) is 2.62. The summed E-state index contributed by atoms with van der Waals surface area (Å²) in [5, 5.41) is 3.50. The van der Waals surface area contributed by atoms with E-state index in [9.17, 15) is 9.59 Å². The molecule has 2 amide bonds. The highest BCUT2D eigenvalue weighted by atomic mass is 35.5. The van der Waals surface area contributed by atoms with Crippen LogP contribution in [0.2, 0.25) is 10.0 Å². The molecule has 1 aliphatic rings. The van der Waals surface area contributed by atoms with E-state index >= 15 is 0 Å². The van der Waals surface area contributed by atoms with Gasteiger partial charge in [0.1, 0.15) is 12.1 Å². The number of amides is 2. The average molecular weight is 301 g/mol. The van der Waals surface area contributed by atoms with E-state index < -0.39 is 5.54 Å². The third-order valence-electron chi connectivity index (χ3n) is 3.36. The van der Waals surface area contributed by atoms with Crippen LogP contribution in [-0.2, 0) is 9.59 Å². The summed E-state index contributed by atoms with van der Waals surface area (Å²) in [6, 6.07) is 4.89. The number of anilines is 1. The lowest BCUT2D eigenvalue weighted by atomic mass is 9.94. The van der Waals surface area contributed by atoms with E-state index in [1.807, 2.05) is 6.92 Å². The summed E-state index contributed by atoms with van der Waals surface area (Å²) in [5.74, 6) is -0.331. The van der Waals surface area contributed by atoms with Gasteiger partial charge in [0.05, 0.1) is 10.0 Å². The zero-order chi connectivity index (χ0) is 14.2. The monoisotopic (exact) mass is 300 g/mol. The molecule has 0 aliphatic carbocycles. The Morgan fingerprint density at radius 2 is 2.00 bits per heavy atom. The Hall–Kier alpha value is -1.26.